The third kappa shape index (κ3) is 12.6. The van der Waals surface area contributed by atoms with E-state index in [0.717, 1.165) is 29.5 Å². The van der Waals surface area contributed by atoms with E-state index in [-0.39, 0.29) is 35.7 Å². The van der Waals surface area contributed by atoms with Crippen LogP contribution in [0.5, 0.6) is 5.75 Å². The average Bonchev–Trinajstić information content (AvgIpc) is 1.61. The number of nitrogens with two attached hydrogens (primary N) is 4. The van der Waals surface area contributed by atoms with Gasteiger partial charge in [-0.3, -0.25) is 9.89 Å². The van der Waals surface area contributed by atoms with Gasteiger partial charge in [0.1, 0.15) is 11.8 Å². The number of esters is 1. The fourth-order valence-corrected chi connectivity index (χ4v) is 11.6. The number of amides is 1. The molecule has 39 nitrogen and oxygen atoms in total. The lowest BCUT2D eigenvalue weighted by molar-refractivity contribution is -0.147. The van der Waals surface area contributed by atoms with Gasteiger partial charge in [0.2, 0.25) is 53.0 Å². The molecule has 0 bridgehead atoms. The Hall–Kier alpha value is -14.2. The maximum atomic E-state index is 13.2. The Balaban J connectivity index is 0.000000119. The number of aliphatic carboxylic acids is 1. The molecule has 11 N–H and O–H groups in total. The highest BCUT2D eigenvalue weighted by molar-refractivity contribution is 5.94. The first-order valence-electron chi connectivity index (χ1n) is 32.6. The Bertz CT molecular complexity index is 5880. The van der Waals surface area contributed by atoms with Gasteiger partial charge in [-0.2, -0.15) is 58.4 Å². The third-order valence-corrected chi connectivity index (χ3v) is 16.4. The van der Waals surface area contributed by atoms with E-state index < -0.39 is 24.1 Å². The Labute approximate surface area is 583 Å². The Kier molecular flexibility index (Phi) is 18.4. The lowest BCUT2D eigenvalue weighted by Crippen LogP contribution is -2.33. The molecule has 0 saturated carbocycles. The number of carboxylic acid groups (broad SMARTS) is 1. The van der Waals surface area contributed by atoms with Gasteiger partial charge < -0.3 is 60.5 Å². The van der Waals surface area contributed by atoms with Crippen LogP contribution < -0.4 is 33.0 Å². The number of benzene rings is 1. The van der Waals surface area contributed by atoms with E-state index in [0.29, 0.717) is 147 Å². The molecule has 1 aromatic carbocycles. The van der Waals surface area contributed by atoms with Crippen molar-refractivity contribution in [2.45, 2.75) is 90.9 Å². The monoisotopic (exact) mass is 1410 g/mol. The molecule has 17 aromatic rings. The zero-order chi connectivity index (χ0) is 72.3. The van der Waals surface area contributed by atoms with Gasteiger partial charge in [-0.1, -0.05) is 58.2 Å². The van der Waals surface area contributed by atoms with Gasteiger partial charge in [-0.15, -0.1) is 20.4 Å². The summed E-state index contributed by atoms with van der Waals surface area (Å²) >= 11 is 0. The maximum absolute atomic E-state index is 13.2. The molecule has 0 aliphatic rings. The predicted molar refractivity (Wildman–Crippen MR) is 372 cm³/mol. The topological polar surface area (TPSA) is 513 Å². The number of aromatic nitrogens is 24. The van der Waals surface area contributed by atoms with E-state index >= 15 is 0 Å². The number of nitrogens with one attached hydrogen (secondary N) is 2. The van der Waals surface area contributed by atoms with Crippen LogP contribution in [0, 0.1) is 0 Å². The minimum absolute atomic E-state index is 0.0928. The average molecular weight is 1410 g/mol. The van der Waals surface area contributed by atoms with E-state index in [4.69, 9.17) is 50.1 Å². The SMILES string of the molecule is CCCC(C(=O)NCc1ccccc1OC)n1ncc2c1nc(N)n1nc(-c3ccco3)nc21.CCCC(C(=O)O)n1ncc2c1nc(N)n1nc(-c3ccco3)nc21.CCCC(C(=O)OCC)n1ncc2c1nc(N)n1nc(-c3ccco3)nc21.Nc1nc2[nH]ncc2c2nc(-c3ccco3)nn12. The smallest absolute Gasteiger partial charge is 0.331 e. The normalized spacial score (nSPS) is 12.4. The lowest BCUT2D eigenvalue weighted by Gasteiger charge is -2.18. The van der Waals surface area contributed by atoms with Crippen LogP contribution >= 0.6 is 0 Å². The molecule has 0 aliphatic carbocycles. The lowest BCUT2D eigenvalue weighted by atomic mass is 10.1. The molecule has 16 heterocycles. The largest absolute Gasteiger partial charge is 0.496 e. The first-order valence-corrected chi connectivity index (χ1v) is 32.6. The van der Waals surface area contributed by atoms with Gasteiger partial charge in [0.15, 0.2) is 80.3 Å². The molecule has 17 rings (SSSR count). The highest BCUT2D eigenvalue weighted by atomic mass is 16.5. The molecule has 0 spiro atoms. The molecule has 3 atom stereocenters. The second kappa shape index (κ2) is 28.6. The van der Waals surface area contributed by atoms with Crippen molar-refractivity contribution in [1.82, 2.24) is 123 Å². The van der Waals surface area contributed by atoms with E-state index in [1.54, 1.807) is 109 Å². The van der Waals surface area contributed by atoms with Crippen molar-refractivity contribution in [2.24, 2.45) is 0 Å². The second-order valence-corrected chi connectivity index (χ2v) is 23.1. The summed E-state index contributed by atoms with van der Waals surface area (Å²) in [7, 11) is 1.61. The molecule has 39 heteroatoms. The highest BCUT2D eigenvalue weighted by Gasteiger charge is 2.30. The first kappa shape index (κ1) is 67.0. The van der Waals surface area contributed by atoms with Crippen molar-refractivity contribution in [1.29, 1.82) is 0 Å². The fourth-order valence-electron chi connectivity index (χ4n) is 11.6. The number of anilines is 4. The summed E-state index contributed by atoms with van der Waals surface area (Å²) in [4.78, 5) is 72.5. The number of furan rings is 4. The first-order chi connectivity index (χ1) is 50.7. The van der Waals surface area contributed by atoms with Crippen LogP contribution in [0.2, 0.25) is 0 Å². The molecule has 0 aliphatic heterocycles. The quantitative estimate of drug-likeness (QED) is 0.0358. The van der Waals surface area contributed by atoms with Gasteiger partial charge in [-0.25, -0.2) is 43.6 Å². The molecule has 0 saturated heterocycles. The van der Waals surface area contributed by atoms with Crippen LogP contribution in [0.1, 0.15) is 89.9 Å². The summed E-state index contributed by atoms with van der Waals surface area (Å²) in [5.74, 6) is 3.57. The van der Waals surface area contributed by atoms with Crippen molar-refractivity contribution in [3.8, 4) is 52.1 Å². The van der Waals surface area contributed by atoms with Gasteiger partial charge in [-0.05, 0) is 80.8 Å². The Morgan fingerprint density at radius 3 is 1.29 bits per heavy atom. The summed E-state index contributed by atoms with van der Waals surface area (Å²) in [5, 5.41) is 52.2. The van der Waals surface area contributed by atoms with Crippen molar-refractivity contribution in [2.75, 3.05) is 36.7 Å². The number of carbonyl (C=O) groups excluding carboxylic acids is 2. The van der Waals surface area contributed by atoms with Crippen molar-refractivity contribution in [3.63, 3.8) is 0 Å². The van der Waals surface area contributed by atoms with Crippen molar-refractivity contribution in [3.05, 3.63) is 128 Å². The summed E-state index contributed by atoms with van der Waals surface area (Å²) in [6.07, 6.45) is 16.4. The molecule has 104 heavy (non-hydrogen) atoms. The number of ether oxygens (including phenoxy) is 2. The number of methoxy groups -OCH3 is 1. The fraction of sp³-hybridized carbons (Fsp3) is 0.246. The summed E-state index contributed by atoms with van der Waals surface area (Å²) in [6.45, 7) is 8.32. The standard InChI is InChI=1S/C23H24N8O3.C17H19N7O3.C15H15N7O3.C10H7N7O/c1-3-7-16(22(32)25-12-14-8-4-5-9-17(14)33-2)30-21-15(13-26-30)20-27-19(18-10-6-11-34-18)29-31(20)23(24)28-21;1-3-6-11(16(25)26-4-2)23-15-10(9-19-23)14-20-13(12-7-5-8-27-12)22-24(14)17(18)21-15;1-2-4-9(14(23)24)21-13-8(7-17-21)12-18-11(10-5-3-6-25-10)20-22(12)15(16)19-13;11-10-14-7-5(4-12-15-7)9-13-8(16-17(9)10)6-2-1-3-18-6/h4-6,8-11,13,16H,3,7,12H2,1-2H3,(H2,24,28)(H,25,32);5,7-9,11H,3-4,6H2,1-2H3,(H2,18,21);3,5-7,9H,2,4H2,1H3,(H2,16,19)(H,23,24);1-4H,(H3,11,12,14,15). The minimum Gasteiger partial charge on any atom is -0.496 e. The number of rotatable bonds is 20. The molecular weight excluding hydrogens is 1350 g/mol. The van der Waals surface area contributed by atoms with Crippen LogP contribution in [0.4, 0.5) is 23.8 Å². The van der Waals surface area contributed by atoms with Gasteiger partial charge >= 0.3 is 11.9 Å². The number of hydrogen-bond donors (Lipinski definition) is 7. The van der Waals surface area contributed by atoms with Crippen LogP contribution in [0.15, 0.2) is 140 Å². The predicted octanol–water partition coefficient (Wildman–Crippen LogP) is 7.79. The number of nitrogens with zero attached hydrogens (tertiary/aromatic N) is 23. The second-order valence-electron chi connectivity index (χ2n) is 23.1. The van der Waals surface area contributed by atoms with E-state index in [2.05, 4.69) is 91.1 Å². The number of para-hydroxylation sites is 1. The Morgan fingerprint density at radius 2 is 0.885 bits per heavy atom. The molecule has 3 unspecified atom stereocenters. The van der Waals surface area contributed by atoms with Crippen LogP contribution in [-0.2, 0) is 25.7 Å². The molecule has 0 fully saturated rings. The van der Waals surface area contributed by atoms with Gasteiger partial charge in [0.05, 0.1) is 85.1 Å². The van der Waals surface area contributed by atoms with E-state index in [9.17, 15) is 19.5 Å². The number of fused-ring (bicyclic) bond motifs is 12. The van der Waals surface area contributed by atoms with Gasteiger partial charge in [0.25, 0.3) is 0 Å². The number of nitrogen functional groups attached to an aromatic ring is 4. The summed E-state index contributed by atoms with van der Waals surface area (Å²) in [5.41, 5.74) is 28.9. The molecule has 1 amide bonds. The molecular formula is C65H65N29O10. The number of carboxylic acids is 1. The zero-order valence-electron chi connectivity index (χ0n) is 56.2. The van der Waals surface area contributed by atoms with Crippen LogP contribution in [0.25, 0.3) is 113 Å². The van der Waals surface area contributed by atoms with Crippen LogP contribution in [-0.4, -0.2) is 155 Å². The Morgan fingerprint density at radius 1 is 0.490 bits per heavy atom. The number of aromatic amines is 1. The maximum Gasteiger partial charge on any atom is 0.331 e. The molecule has 16 aromatic heterocycles. The number of H-pyrrole nitrogens is 1. The number of hydrogen-bond acceptors (Lipinski definition) is 29. The van der Waals surface area contributed by atoms with Crippen LogP contribution in [0.3, 0.4) is 0 Å². The zero-order valence-corrected chi connectivity index (χ0v) is 56.2. The summed E-state index contributed by atoms with van der Waals surface area (Å²) in [6, 6.07) is 19.7. The van der Waals surface area contributed by atoms with E-state index in [1.807, 2.05) is 45.0 Å². The highest BCUT2D eigenvalue weighted by Crippen LogP contribution is 2.32. The molecule has 530 valence electrons. The number of carbonyl (C=O) groups is 3. The third-order valence-electron chi connectivity index (χ3n) is 16.4. The minimum atomic E-state index is -0.968. The van der Waals surface area contributed by atoms with E-state index in [1.165, 1.54) is 35.2 Å². The van der Waals surface area contributed by atoms with Crippen molar-refractivity contribution < 1.29 is 46.6 Å². The van der Waals surface area contributed by atoms with Gasteiger partial charge in [0, 0.05) is 12.1 Å². The summed E-state index contributed by atoms with van der Waals surface area (Å²) < 4.78 is 42.2. The molecule has 0 radical (unpaired) electrons. The van der Waals surface area contributed by atoms with Crippen molar-refractivity contribution >= 4 is 108 Å².